The minimum atomic E-state index is -0.406. The van der Waals surface area contributed by atoms with Crippen LogP contribution in [0.2, 0.25) is 0 Å². The molecule has 1 aromatic heterocycles. The summed E-state index contributed by atoms with van der Waals surface area (Å²) in [5.41, 5.74) is 1.79. The van der Waals surface area contributed by atoms with E-state index in [1.807, 2.05) is 34.9 Å². The summed E-state index contributed by atoms with van der Waals surface area (Å²) in [7, 11) is 0. The lowest BCUT2D eigenvalue weighted by molar-refractivity contribution is -0.384. The largest absolute Gasteiger partial charge is 0.377 e. The van der Waals surface area contributed by atoms with Crippen LogP contribution in [0.3, 0.4) is 0 Å². The fourth-order valence-corrected chi connectivity index (χ4v) is 4.22. The maximum Gasteiger partial charge on any atom is 0.269 e. The van der Waals surface area contributed by atoms with Crippen molar-refractivity contribution >= 4 is 17.4 Å². The van der Waals surface area contributed by atoms with E-state index in [4.69, 9.17) is 4.74 Å². The SMILES string of the molecule is O=[N+]([O-])c1ccc(-c2nnc(SC[C@H]3CCCCO3)n2-c2ccccc2)cc1. The second-order valence-corrected chi connectivity index (χ2v) is 7.57. The second kappa shape index (κ2) is 8.53. The number of nitro benzene ring substituents is 1. The molecular weight excluding hydrogens is 376 g/mol. The number of hydrogen-bond acceptors (Lipinski definition) is 6. The number of benzene rings is 2. The van der Waals surface area contributed by atoms with Gasteiger partial charge in [-0.2, -0.15) is 0 Å². The molecule has 8 heteroatoms. The van der Waals surface area contributed by atoms with Crippen molar-refractivity contribution < 1.29 is 9.66 Å². The Morgan fingerprint density at radius 3 is 2.57 bits per heavy atom. The molecule has 1 aliphatic heterocycles. The predicted octanol–water partition coefficient (Wildman–Crippen LogP) is 4.50. The third-order valence-corrected chi connectivity index (χ3v) is 5.72. The standard InChI is InChI=1S/C20H20N4O3S/c25-24(26)17-11-9-15(10-12-17)19-21-22-20(23(19)16-6-2-1-3-7-16)28-14-18-8-4-5-13-27-18/h1-3,6-7,9-12,18H,4-5,8,13-14H2/t18-/m1/s1. The normalized spacial score (nSPS) is 16.8. The predicted molar refractivity (Wildman–Crippen MR) is 108 cm³/mol. The number of thioether (sulfide) groups is 1. The Balaban J connectivity index is 1.66. The minimum absolute atomic E-state index is 0.0542. The second-order valence-electron chi connectivity index (χ2n) is 6.58. The lowest BCUT2D eigenvalue weighted by Crippen LogP contribution is -2.21. The van der Waals surface area contributed by atoms with Crippen molar-refractivity contribution in [3.63, 3.8) is 0 Å². The van der Waals surface area contributed by atoms with Gasteiger partial charge in [-0.1, -0.05) is 30.0 Å². The molecule has 0 bridgehead atoms. The molecular formula is C20H20N4O3S. The number of hydrogen-bond donors (Lipinski definition) is 0. The van der Waals surface area contributed by atoms with E-state index in [-0.39, 0.29) is 11.8 Å². The van der Waals surface area contributed by atoms with Gasteiger partial charge in [0.1, 0.15) is 0 Å². The summed E-state index contributed by atoms with van der Waals surface area (Å²) in [6.07, 6.45) is 3.64. The Bertz CT molecular complexity index is 938. The van der Waals surface area contributed by atoms with Gasteiger partial charge < -0.3 is 4.74 Å². The molecule has 4 rings (SSSR count). The van der Waals surface area contributed by atoms with Crippen LogP contribution in [0.1, 0.15) is 19.3 Å². The van der Waals surface area contributed by atoms with Gasteiger partial charge in [-0.3, -0.25) is 14.7 Å². The van der Waals surface area contributed by atoms with Crippen LogP contribution in [0, 0.1) is 10.1 Å². The Morgan fingerprint density at radius 2 is 1.89 bits per heavy atom. The summed E-state index contributed by atoms with van der Waals surface area (Å²) in [5.74, 6) is 1.48. The quantitative estimate of drug-likeness (QED) is 0.346. The van der Waals surface area contributed by atoms with E-state index in [0.29, 0.717) is 5.82 Å². The molecule has 1 aliphatic rings. The van der Waals surface area contributed by atoms with Crippen molar-refractivity contribution in [2.24, 2.45) is 0 Å². The molecule has 1 saturated heterocycles. The smallest absolute Gasteiger partial charge is 0.269 e. The number of non-ortho nitro benzene ring substituents is 1. The van der Waals surface area contributed by atoms with Crippen molar-refractivity contribution in [2.75, 3.05) is 12.4 Å². The molecule has 1 fully saturated rings. The number of nitro groups is 1. The average molecular weight is 396 g/mol. The molecule has 0 saturated carbocycles. The highest BCUT2D eigenvalue weighted by Gasteiger charge is 2.20. The third-order valence-electron chi connectivity index (χ3n) is 4.66. The highest BCUT2D eigenvalue weighted by molar-refractivity contribution is 7.99. The van der Waals surface area contributed by atoms with Crippen LogP contribution >= 0.6 is 11.8 Å². The summed E-state index contributed by atoms with van der Waals surface area (Å²) in [6, 6.07) is 16.3. The van der Waals surface area contributed by atoms with Gasteiger partial charge >= 0.3 is 0 Å². The molecule has 7 nitrogen and oxygen atoms in total. The van der Waals surface area contributed by atoms with E-state index in [9.17, 15) is 10.1 Å². The van der Waals surface area contributed by atoms with Crippen LogP contribution in [0.25, 0.3) is 17.1 Å². The summed E-state index contributed by atoms with van der Waals surface area (Å²) in [6.45, 7) is 0.824. The van der Waals surface area contributed by atoms with Crippen molar-refractivity contribution in [3.8, 4) is 17.1 Å². The first-order valence-corrected chi connectivity index (χ1v) is 10.2. The van der Waals surface area contributed by atoms with Crippen molar-refractivity contribution in [3.05, 3.63) is 64.7 Å². The lowest BCUT2D eigenvalue weighted by atomic mass is 10.1. The lowest BCUT2D eigenvalue weighted by Gasteiger charge is -2.22. The molecule has 0 amide bonds. The van der Waals surface area contributed by atoms with Gasteiger partial charge in [0.15, 0.2) is 11.0 Å². The highest BCUT2D eigenvalue weighted by Crippen LogP contribution is 2.30. The summed E-state index contributed by atoms with van der Waals surface area (Å²) in [4.78, 5) is 10.5. The molecule has 3 aromatic rings. The van der Waals surface area contributed by atoms with Gasteiger partial charge in [-0.25, -0.2) is 0 Å². The zero-order valence-corrected chi connectivity index (χ0v) is 16.0. The summed E-state index contributed by atoms with van der Waals surface area (Å²) < 4.78 is 7.82. The monoisotopic (exact) mass is 396 g/mol. The topological polar surface area (TPSA) is 83.1 Å². The van der Waals surface area contributed by atoms with E-state index in [0.717, 1.165) is 41.6 Å². The minimum Gasteiger partial charge on any atom is -0.377 e. The Labute approximate surface area is 166 Å². The van der Waals surface area contributed by atoms with Crippen LogP contribution in [0.4, 0.5) is 5.69 Å². The molecule has 0 spiro atoms. The number of nitrogens with zero attached hydrogens (tertiary/aromatic N) is 4. The van der Waals surface area contributed by atoms with Gasteiger partial charge in [0.25, 0.3) is 5.69 Å². The van der Waals surface area contributed by atoms with Crippen molar-refractivity contribution in [1.29, 1.82) is 0 Å². The first-order valence-electron chi connectivity index (χ1n) is 9.22. The van der Waals surface area contributed by atoms with Crippen LogP contribution in [-0.4, -0.2) is 38.2 Å². The van der Waals surface area contributed by atoms with Gasteiger partial charge in [0.2, 0.25) is 0 Å². The zero-order chi connectivity index (χ0) is 19.3. The van der Waals surface area contributed by atoms with E-state index >= 15 is 0 Å². The molecule has 144 valence electrons. The van der Waals surface area contributed by atoms with E-state index in [1.165, 1.54) is 18.6 Å². The number of aromatic nitrogens is 3. The zero-order valence-electron chi connectivity index (χ0n) is 15.2. The fourth-order valence-electron chi connectivity index (χ4n) is 3.20. The van der Waals surface area contributed by atoms with Crippen molar-refractivity contribution in [2.45, 2.75) is 30.5 Å². The highest BCUT2D eigenvalue weighted by atomic mass is 32.2. The van der Waals surface area contributed by atoms with Gasteiger partial charge in [0, 0.05) is 35.7 Å². The molecule has 1 atom stereocenters. The van der Waals surface area contributed by atoms with E-state index in [2.05, 4.69) is 10.2 Å². The first-order chi connectivity index (χ1) is 13.7. The molecule has 0 N–H and O–H groups in total. The van der Waals surface area contributed by atoms with Gasteiger partial charge in [-0.15, -0.1) is 10.2 Å². The van der Waals surface area contributed by atoms with Crippen LogP contribution in [-0.2, 0) is 4.74 Å². The van der Waals surface area contributed by atoms with Crippen molar-refractivity contribution in [1.82, 2.24) is 14.8 Å². The molecule has 2 aromatic carbocycles. The van der Waals surface area contributed by atoms with E-state index < -0.39 is 4.92 Å². The number of ether oxygens (including phenoxy) is 1. The Hall–Kier alpha value is -2.71. The van der Waals surface area contributed by atoms with Crippen LogP contribution in [0.5, 0.6) is 0 Å². The molecule has 0 aliphatic carbocycles. The third kappa shape index (κ3) is 4.07. The molecule has 0 radical (unpaired) electrons. The molecule has 2 heterocycles. The van der Waals surface area contributed by atoms with Crippen LogP contribution in [0.15, 0.2) is 59.8 Å². The molecule has 0 unspecified atom stereocenters. The van der Waals surface area contributed by atoms with E-state index in [1.54, 1.807) is 23.9 Å². The fraction of sp³-hybridized carbons (Fsp3) is 0.300. The van der Waals surface area contributed by atoms with Gasteiger partial charge in [-0.05, 0) is 43.5 Å². The van der Waals surface area contributed by atoms with Crippen LogP contribution < -0.4 is 0 Å². The summed E-state index contributed by atoms with van der Waals surface area (Å²) in [5, 5.41) is 20.5. The maximum atomic E-state index is 10.9. The molecule has 28 heavy (non-hydrogen) atoms. The van der Waals surface area contributed by atoms with Gasteiger partial charge in [0.05, 0.1) is 11.0 Å². The number of rotatable bonds is 6. The Kier molecular flexibility index (Phi) is 5.68. The maximum absolute atomic E-state index is 10.9. The summed E-state index contributed by atoms with van der Waals surface area (Å²) >= 11 is 1.63. The number of para-hydroxylation sites is 1. The first kappa shape index (κ1) is 18.6. The average Bonchev–Trinajstić information content (AvgIpc) is 3.17. The Morgan fingerprint density at radius 1 is 1.11 bits per heavy atom.